The van der Waals surface area contributed by atoms with Crippen molar-refractivity contribution in [3.63, 3.8) is 0 Å². The van der Waals surface area contributed by atoms with E-state index in [1.807, 2.05) is 18.2 Å². The van der Waals surface area contributed by atoms with Crippen molar-refractivity contribution in [2.75, 3.05) is 0 Å². The van der Waals surface area contributed by atoms with Gasteiger partial charge in [0.1, 0.15) is 11.5 Å². The lowest BCUT2D eigenvalue weighted by Gasteiger charge is -2.18. The third-order valence-corrected chi connectivity index (χ3v) is 11.4. The van der Waals surface area contributed by atoms with Crippen LogP contribution in [0.1, 0.15) is 11.1 Å². The van der Waals surface area contributed by atoms with E-state index in [0.29, 0.717) is 17.5 Å². The predicted octanol–water partition coefficient (Wildman–Crippen LogP) is 15.0. The van der Waals surface area contributed by atoms with Crippen LogP contribution in [0.5, 0.6) is 11.5 Å². The molecule has 1 aliphatic rings. The molecule has 2 heterocycles. The number of hydrogen-bond acceptors (Lipinski definition) is 4. The Hall–Kier alpha value is -8.21. The van der Waals surface area contributed by atoms with Gasteiger partial charge in [-0.2, -0.15) is 0 Å². The van der Waals surface area contributed by atoms with Crippen LogP contribution in [0.25, 0.3) is 102 Å². The fraction of sp³-hybridized carbons (Fsp3) is 0. The molecule has 4 nitrogen and oxygen atoms in total. The van der Waals surface area contributed by atoms with Crippen LogP contribution in [-0.4, -0.2) is 15.0 Å². The summed E-state index contributed by atoms with van der Waals surface area (Å²) in [4.78, 5) is 15.7. The summed E-state index contributed by atoms with van der Waals surface area (Å²) in [7, 11) is 0. The largest absolute Gasteiger partial charge is 0.455 e. The Balaban J connectivity index is 1.13. The Kier molecular flexibility index (Phi) is 9.14. The Labute approximate surface area is 354 Å². The molecule has 0 amide bonds. The average Bonchev–Trinajstić information content (AvgIpc) is 3.36. The topological polar surface area (TPSA) is 47.9 Å². The number of fused-ring (bicyclic) bond motifs is 8. The third kappa shape index (κ3) is 6.96. The number of ether oxygens (including phenoxy) is 1. The summed E-state index contributed by atoms with van der Waals surface area (Å²) in [5, 5.41) is 2.13. The van der Waals surface area contributed by atoms with Crippen molar-refractivity contribution >= 4 is 22.9 Å². The van der Waals surface area contributed by atoms with Gasteiger partial charge in [0.05, 0.1) is 0 Å². The van der Waals surface area contributed by atoms with Crippen LogP contribution >= 0.6 is 0 Å². The maximum atomic E-state index is 7.13. The lowest BCUT2D eigenvalue weighted by Crippen LogP contribution is -2.01. The van der Waals surface area contributed by atoms with Crippen LogP contribution in [0.2, 0.25) is 0 Å². The van der Waals surface area contributed by atoms with Crippen LogP contribution in [-0.2, 0) is 0 Å². The maximum absolute atomic E-state index is 7.13. The zero-order valence-electron chi connectivity index (χ0n) is 33.1. The molecule has 4 heteroatoms. The molecule has 0 radical (unpaired) electrons. The van der Waals surface area contributed by atoms with E-state index in [2.05, 4.69) is 206 Å². The maximum Gasteiger partial charge on any atom is 0.164 e. The standard InChI is InChI=1S/C57H37N3O/c1-3-15-38(16-4-1)43-21-13-23-45(35-43)55-58-56(46-24-14-22-44(36-46)39-17-5-2-6-18-39)60-57(59-55)47-32-31-42-30-29-40-19-7-9-25-48(40)50-27-11-12-28-53(50)61-54-49-26-10-8-20-41(49)33-34-51(54)52(42)37-47/h1-37H. The minimum absolute atomic E-state index is 0.579. The summed E-state index contributed by atoms with van der Waals surface area (Å²) in [5.74, 6) is 3.37. The van der Waals surface area contributed by atoms with E-state index < -0.39 is 0 Å². The first-order chi connectivity index (χ1) is 30.2. The second-order valence-electron chi connectivity index (χ2n) is 15.2. The van der Waals surface area contributed by atoms with E-state index >= 15 is 0 Å². The molecule has 0 atom stereocenters. The van der Waals surface area contributed by atoms with Gasteiger partial charge in [0.25, 0.3) is 0 Å². The molecular formula is C57H37N3O. The van der Waals surface area contributed by atoms with Gasteiger partial charge in [0.15, 0.2) is 17.5 Å². The van der Waals surface area contributed by atoms with E-state index in [0.717, 1.165) is 94.6 Å². The molecule has 61 heavy (non-hydrogen) atoms. The second kappa shape index (κ2) is 15.5. The van der Waals surface area contributed by atoms with Gasteiger partial charge in [-0.1, -0.05) is 194 Å². The van der Waals surface area contributed by atoms with E-state index in [1.54, 1.807) is 0 Å². The molecule has 1 aliphatic heterocycles. The Morgan fingerprint density at radius 3 is 1.48 bits per heavy atom. The summed E-state index contributed by atoms with van der Waals surface area (Å²) in [5.41, 5.74) is 13.4. The van der Waals surface area contributed by atoms with E-state index in [9.17, 15) is 0 Å². The SMILES string of the molecule is C1=Cc2ccc(-c3nc(-c4cccc(-c5ccccc5)c4)nc(-c4cccc(-c5ccccc5)c4)n3)cc2-c2ccc3ccccc3c2Oc2ccccc2-c2ccccc21. The van der Waals surface area contributed by atoms with Crippen molar-refractivity contribution in [3.8, 4) is 90.2 Å². The van der Waals surface area contributed by atoms with E-state index in [1.165, 1.54) is 0 Å². The lowest BCUT2D eigenvalue weighted by molar-refractivity contribution is 0.492. The quantitative estimate of drug-likeness (QED) is 0.175. The van der Waals surface area contributed by atoms with Gasteiger partial charge >= 0.3 is 0 Å². The highest BCUT2D eigenvalue weighted by Gasteiger charge is 2.21. The van der Waals surface area contributed by atoms with Crippen LogP contribution in [0, 0.1) is 0 Å². The van der Waals surface area contributed by atoms with Crippen LogP contribution in [0.15, 0.2) is 212 Å². The molecule has 286 valence electrons. The molecule has 0 fully saturated rings. The number of hydrogen-bond donors (Lipinski definition) is 0. The zero-order valence-corrected chi connectivity index (χ0v) is 33.1. The normalized spacial score (nSPS) is 11.7. The van der Waals surface area contributed by atoms with E-state index in [4.69, 9.17) is 19.7 Å². The summed E-state index contributed by atoms with van der Waals surface area (Å²) < 4.78 is 7.13. The molecule has 9 aromatic carbocycles. The van der Waals surface area contributed by atoms with Crippen LogP contribution in [0.4, 0.5) is 0 Å². The number of rotatable bonds is 5. The number of nitrogens with zero attached hydrogens (tertiary/aromatic N) is 3. The zero-order chi connectivity index (χ0) is 40.5. The summed E-state index contributed by atoms with van der Waals surface area (Å²) >= 11 is 0. The molecule has 0 saturated carbocycles. The van der Waals surface area contributed by atoms with Crippen LogP contribution < -0.4 is 4.74 Å². The fourth-order valence-corrected chi connectivity index (χ4v) is 8.29. The van der Waals surface area contributed by atoms with Gasteiger partial charge in [-0.3, -0.25) is 0 Å². The molecule has 1 aromatic heterocycles. The molecule has 0 bridgehead atoms. The first-order valence-corrected chi connectivity index (χ1v) is 20.5. The Morgan fingerprint density at radius 2 is 0.803 bits per heavy atom. The molecule has 10 aromatic rings. The van der Waals surface area contributed by atoms with E-state index in [-0.39, 0.29) is 0 Å². The Bertz CT molecular complexity index is 3180. The van der Waals surface area contributed by atoms with Crippen molar-refractivity contribution in [1.82, 2.24) is 15.0 Å². The highest BCUT2D eigenvalue weighted by atomic mass is 16.5. The van der Waals surface area contributed by atoms with Crippen molar-refractivity contribution in [2.45, 2.75) is 0 Å². The average molecular weight is 780 g/mol. The predicted molar refractivity (Wildman–Crippen MR) is 251 cm³/mol. The Morgan fingerprint density at radius 1 is 0.295 bits per heavy atom. The molecule has 0 N–H and O–H groups in total. The number of para-hydroxylation sites is 1. The highest BCUT2D eigenvalue weighted by Crippen LogP contribution is 2.45. The van der Waals surface area contributed by atoms with Gasteiger partial charge in [-0.05, 0) is 80.2 Å². The third-order valence-electron chi connectivity index (χ3n) is 11.4. The summed E-state index contributed by atoms with van der Waals surface area (Å²) in [6.07, 6.45) is 4.41. The minimum Gasteiger partial charge on any atom is -0.455 e. The molecule has 0 unspecified atom stereocenters. The van der Waals surface area contributed by atoms with Gasteiger partial charge in [-0.15, -0.1) is 0 Å². The van der Waals surface area contributed by atoms with Crippen molar-refractivity contribution in [3.05, 3.63) is 223 Å². The monoisotopic (exact) mass is 779 g/mol. The number of aromatic nitrogens is 3. The fourth-order valence-electron chi connectivity index (χ4n) is 8.29. The molecule has 0 saturated heterocycles. The minimum atomic E-state index is 0.579. The molecule has 0 spiro atoms. The van der Waals surface area contributed by atoms with Crippen molar-refractivity contribution in [2.24, 2.45) is 0 Å². The highest BCUT2D eigenvalue weighted by molar-refractivity contribution is 5.99. The molecular weight excluding hydrogens is 743 g/mol. The smallest absolute Gasteiger partial charge is 0.164 e. The van der Waals surface area contributed by atoms with Crippen molar-refractivity contribution < 1.29 is 4.74 Å². The first-order valence-electron chi connectivity index (χ1n) is 20.5. The van der Waals surface area contributed by atoms with Gasteiger partial charge in [-0.25, -0.2) is 15.0 Å². The second-order valence-corrected chi connectivity index (χ2v) is 15.2. The molecule has 0 aliphatic carbocycles. The van der Waals surface area contributed by atoms with Crippen LogP contribution in [0.3, 0.4) is 0 Å². The van der Waals surface area contributed by atoms with Gasteiger partial charge in [0.2, 0.25) is 0 Å². The van der Waals surface area contributed by atoms with Crippen molar-refractivity contribution in [1.29, 1.82) is 0 Å². The summed E-state index contributed by atoms with van der Waals surface area (Å²) in [6.45, 7) is 0. The summed E-state index contributed by atoms with van der Waals surface area (Å²) in [6, 6.07) is 73.7. The molecule has 11 rings (SSSR count). The lowest BCUT2D eigenvalue weighted by atomic mass is 9.93. The van der Waals surface area contributed by atoms with Gasteiger partial charge in [0, 0.05) is 33.2 Å². The first kappa shape index (κ1) is 35.9. The van der Waals surface area contributed by atoms with Gasteiger partial charge < -0.3 is 4.74 Å². The number of benzene rings is 9.